The molecule has 0 saturated carbocycles. The lowest BCUT2D eigenvalue weighted by molar-refractivity contribution is -0.225. The van der Waals surface area contributed by atoms with E-state index >= 15 is 0 Å². The van der Waals surface area contributed by atoms with Crippen LogP contribution in [-0.4, -0.2) is 61.3 Å². The summed E-state index contributed by atoms with van der Waals surface area (Å²) in [5.74, 6) is -0.939. The molecule has 0 fully saturated rings. The van der Waals surface area contributed by atoms with E-state index < -0.39 is 17.8 Å². The molecular formula is C37H51Br4N3O7. The molecule has 14 heteroatoms. The largest absolute Gasteiger partial charge is 0.495 e. The number of nitrogens with one attached hydrogen (secondary N) is 2. The normalized spacial score (nSPS) is 18.6. The summed E-state index contributed by atoms with van der Waals surface area (Å²) in [6, 6.07) is 3.97. The van der Waals surface area contributed by atoms with Crippen molar-refractivity contribution in [2.24, 2.45) is 5.16 Å². The highest BCUT2D eigenvalue weighted by molar-refractivity contribution is 9.12. The number of aliphatic hydroxyl groups excluding tert-OH is 1. The summed E-state index contributed by atoms with van der Waals surface area (Å²) in [6.45, 7) is 3.42. The van der Waals surface area contributed by atoms with Gasteiger partial charge < -0.3 is 34.8 Å². The molecule has 0 unspecified atom stereocenters. The van der Waals surface area contributed by atoms with Crippen LogP contribution in [0.4, 0.5) is 0 Å². The quantitative estimate of drug-likeness (QED) is 0.0737. The van der Waals surface area contributed by atoms with Gasteiger partial charge in [0.05, 0.1) is 33.6 Å². The zero-order chi connectivity index (χ0) is 37.1. The molecule has 2 aliphatic heterocycles. The second-order valence-corrected chi connectivity index (χ2v) is 16.1. The zero-order valence-corrected chi connectivity index (χ0v) is 35.9. The van der Waals surface area contributed by atoms with Crippen molar-refractivity contribution in [3.05, 3.63) is 59.8 Å². The summed E-state index contributed by atoms with van der Waals surface area (Å²) in [5.41, 5.74) is 0.874. The van der Waals surface area contributed by atoms with E-state index in [1.165, 1.54) is 71.2 Å². The van der Waals surface area contributed by atoms with Crippen molar-refractivity contribution < 1.29 is 33.7 Å². The van der Waals surface area contributed by atoms with E-state index in [0.717, 1.165) is 27.4 Å². The minimum absolute atomic E-state index is 0.0619. The Morgan fingerprint density at radius 3 is 2.31 bits per heavy atom. The number of methoxy groups -OCH3 is 1. The Morgan fingerprint density at radius 1 is 0.961 bits per heavy atom. The second kappa shape index (κ2) is 23.7. The van der Waals surface area contributed by atoms with Gasteiger partial charge in [0.2, 0.25) is 5.91 Å². The Labute approximate surface area is 336 Å². The molecule has 284 valence electrons. The number of oxime groups is 1. The number of halogens is 4. The van der Waals surface area contributed by atoms with Gasteiger partial charge in [0, 0.05) is 24.0 Å². The Morgan fingerprint density at radius 2 is 1.63 bits per heavy atom. The van der Waals surface area contributed by atoms with Crippen LogP contribution in [0.25, 0.3) is 0 Å². The summed E-state index contributed by atoms with van der Waals surface area (Å²) in [5, 5.41) is 20.5. The molecule has 51 heavy (non-hydrogen) atoms. The van der Waals surface area contributed by atoms with Gasteiger partial charge in [-0.25, -0.2) is 0 Å². The molecule has 2 heterocycles. The molecule has 3 rings (SSSR count). The van der Waals surface area contributed by atoms with Gasteiger partial charge in [0.1, 0.15) is 17.8 Å². The van der Waals surface area contributed by atoms with Gasteiger partial charge in [-0.1, -0.05) is 78.7 Å². The number of hydrogen-bond acceptors (Lipinski definition) is 8. The number of rotatable bonds is 23. The summed E-state index contributed by atoms with van der Waals surface area (Å²) in [7, 11) is 1.51. The number of carbonyl (C=O) groups excluding carboxylic acids is 2. The minimum Gasteiger partial charge on any atom is -0.495 e. The lowest BCUT2D eigenvalue weighted by Crippen LogP contribution is -2.49. The SMILES string of the molecule is CCCCC/C=C\CCCCCCCCC(=O)NCCc1cc(Br)c(OCCCNC(=O)C2=NO[C@@]3(CC(Br)=C(OC)C(Br)=CO3)[C@H]2O)c(Br)c1. The molecule has 2 aliphatic rings. The maximum absolute atomic E-state index is 12.8. The third-order valence-corrected chi connectivity index (χ3v) is 10.8. The van der Waals surface area contributed by atoms with Crippen molar-refractivity contribution in [3.8, 4) is 5.75 Å². The van der Waals surface area contributed by atoms with Crippen LogP contribution in [0.1, 0.15) is 102 Å². The maximum Gasteiger partial charge on any atom is 0.311 e. The molecule has 0 radical (unpaired) electrons. The van der Waals surface area contributed by atoms with Gasteiger partial charge in [-0.2, -0.15) is 0 Å². The molecule has 10 nitrogen and oxygen atoms in total. The Kier molecular flexibility index (Phi) is 20.3. The van der Waals surface area contributed by atoms with Gasteiger partial charge in [-0.15, -0.1) is 0 Å². The number of aliphatic hydroxyl groups is 1. The molecular weight excluding hydrogens is 918 g/mol. The van der Waals surface area contributed by atoms with Gasteiger partial charge >= 0.3 is 5.79 Å². The van der Waals surface area contributed by atoms with Crippen molar-refractivity contribution in [2.45, 2.75) is 115 Å². The van der Waals surface area contributed by atoms with Crippen molar-refractivity contribution in [1.82, 2.24) is 10.6 Å². The number of amides is 2. The lowest BCUT2D eigenvalue weighted by atomic mass is 10.0. The van der Waals surface area contributed by atoms with Crippen LogP contribution in [0, 0.1) is 0 Å². The molecule has 0 saturated heterocycles. The second-order valence-electron chi connectivity index (χ2n) is 12.6. The topological polar surface area (TPSA) is 128 Å². The van der Waals surface area contributed by atoms with Crippen LogP contribution >= 0.6 is 63.7 Å². The van der Waals surface area contributed by atoms with Crippen LogP contribution < -0.4 is 15.4 Å². The predicted octanol–water partition coefficient (Wildman–Crippen LogP) is 9.37. The molecule has 0 aliphatic carbocycles. The summed E-state index contributed by atoms with van der Waals surface area (Å²) in [6.07, 6.45) is 19.7. The molecule has 1 aromatic rings. The first-order valence-corrected chi connectivity index (χ1v) is 21.0. The van der Waals surface area contributed by atoms with E-state index in [4.69, 9.17) is 19.0 Å². The van der Waals surface area contributed by atoms with Crippen LogP contribution in [0.15, 0.2) is 59.4 Å². The Balaban J connectivity index is 1.27. The van der Waals surface area contributed by atoms with Crippen molar-refractivity contribution in [3.63, 3.8) is 0 Å². The highest BCUT2D eigenvalue weighted by Gasteiger charge is 2.54. The molecule has 1 aromatic carbocycles. The molecule has 3 N–H and O–H groups in total. The van der Waals surface area contributed by atoms with Crippen LogP contribution in [-0.2, 0) is 30.3 Å². The fourth-order valence-electron chi connectivity index (χ4n) is 5.57. The van der Waals surface area contributed by atoms with Crippen LogP contribution in [0.5, 0.6) is 5.75 Å². The Hall–Kier alpha value is -1.87. The minimum atomic E-state index is -1.60. The fourth-order valence-corrected chi connectivity index (χ4v) is 8.60. The lowest BCUT2D eigenvalue weighted by Gasteiger charge is -2.27. The Bertz CT molecular complexity index is 1400. The monoisotopic (exact) mass is 965 g/mol. The molecule has 0 bridgehead atoms. The van der Waals surface area contributed by atoms with E-state index in [9.17, 15) is 14.7 Å². The van der Waals surface area contributed by atoms with Gasteiger partial charge in [-0.3, -0.25) is 9.59 Å². The van der Waals surface area contributed by atoms with Crippen molar-refractivity contribution in [1.29, 1.82) is 0 Å². The number of allylic oxidation sites excluding steroid dienone is 3. The van der Waals surface area contributed by atoms with Crippen LogP contribution in [0.2, 0.25) is 0 Å². The maximum atomic E-state index is 12.8. The first kappa shape index (κ1) is 43.5. The molecule has 2 amide bonds. The highest BCUT2D eigenvalue weighted by Crippen LogP contribution is 2.41. The molecule has 2 atom stereocenters. The third kappa shape index (κ3) is 14.5. The fraction of sp³-hybridized carbons (Fsp3) is 0.595. The highest BCUT2D eigenvalue weighted by atomic mass is 79.9. The predicted molar refractivity (Wildman–Crippen MR) is 215 cm³/mol. The summed E-state index contributed by atoms with van der Waals surface area (Å²) >= 11 is 14.0. The average Bonchev–Trinajstić information content (AvgIpc) is 3.34. The zero-order valence-electron chi connectivity index (χ0n) is 29.5. The van der Waals surface area contributed by atoms with E-state index in [2.05, 4.69) is 98.6 Å². The number of nitrogens with zero attached hydrogens (tertiary/aromatic N) is 1. The van der Waals surface area contributed by atoms with Gasteiger partial charge in [0.25, 0.3) is 5.91 Å². The first-order valence-electron chi connectivity index (χ1n) is 17.8. The van der Waals surface area contributed by atoms with Crippen molar-refractivity contribution >= 4 is 81.2 Å². The van der Waals surface area contributed by atoms with Gasteiger partial charge in [-0.05, 0) is 110 Å². The number of benzene rings is 1. The average molecular weight is 969 g/mol. The number of carbonyl (C=O) groups is 2. The number of hydrogen-bond donors (Lipinski definition) is 3. The molecule has 0 aromatic heterocycles. The smallest absolute Gasteiger partial charge is 0.311 e. The van der Waals surface area contributed by atoms with Crippen molar-refractivity contribution in [2.75, 3.05) is 26.8 Å². The molecule has 1 spiro atoms. The van der Waals surface area contributed by atoms with E-state index in [1.54, 1.807) is 0 Å². The van der Waals surface area contributed by atoms with Gasteiger partial charge in [0.15, 0.2) is 11.8 Å². The van der Waals surface area contributed by atoms with Crippen LogP contribution in [0.3, 0.4) is 0 Å². The standard InChI is InChI=1S/C37H51Br4N3O7/c1-3-4-5-6-7-8-9-10-11-12-13-14-15-17-31(45)42-20-18-26-22-27(38)34(28(39)23-26)49-21-16-19-43-36(47)32-35(46)37(51-44-32)24-29(40)33(48-2)30(41)25-50-37/h7-8,22-23,25,35,46H,3-6,9-21,24H2,1-2H3,(H,42,45)(H,43,47)/b8-7-/t35-,37-/m0/s1. The van der Waals surface area contributed by atoms with E-state index in [1.807, 2.05) is 12.1 Å². The first-order chi connectivity index (χ1) is 24.6. The van der Waals surface area contributed by atoms with E-state index in [-0.39, 0.29) is 24.6 Å². The third-order valence-electron chi connectivity index (χ3n) is 8.45. The number of ether oxygens (including phenoxy) is 3. The number of unbranched alkanes of at least 4 members (excludes halogenated alkanes) is 9. The summed E-state index contributed by atoms with van der Waals surface area (Å²) in [4.78, 5) is 30.6. The summed E-state index contributed by atoms with van der Waals surface area (Å²) < 4.78 is 19.7. The van der Waals surface area contributed by atoms with E-state index in [0.29, 0.717) is 52.9 Å².